The summed E-state index contributed by atoms with van der Waals surface area (Å²) in [6.45, 7) is 6.55. The van der Waals surface area contributed by atoms with Gasteiger partial charge in [0.25, 0.3) is 0 Å². The molecule has 0 heterocycles. The molecule has 0 unspecified atom stereocenters. The van der Waals surface area contributed by atoms with Crippen LogP contribution < -0.4 is 20.8 Å². The van der Waals surface area contributed by atoms with Crippen molar-refractivity contribution in [2.24, 2.45) is 11.0 Å². The van der Waals surface area contributed by atoms with Crippen molar-refractivity contribution in [3.63, 3.8) is 0 Å². The van der Waals surface area contributed by atoms with Gasteiger partial charge in [-0.25, -0.2) is 5.43 Å². The zero-order valence-corrected chi connectivity index (χ0v) is 17.3. The highest BCUT2D eigenvalue weighted by atomic mass is 16.5. The number of benzene rings is 2. The highest BCUT2D eigenvalue weighted by Crippen LogP contribution is 2.31. The summed E-state index contributed by atoms with van der Waals surface area (Å²) in [5.74, 6) is -0.424. The van der Waals surface area contributed by atoms with Crippen molar-refractivity contribution < 1.29 is 14.3 Å². The second-order valence-corrected chi connectivity index (χ2v) is 7.00. The van der Waals surface area contributed by atoms with Gasteiger partial charge in [-0.05, 0) is 37.0 Å². The van der Waals surface area contributed by atoms with E-state index >= 15 is 0 Å². The number of carbonyl (C=O) groups excluding carboxylic acids is 2. The second kappa shape index (κ2) is 10.8. The number of nitrogens with zero attached hydrogens (tertiary/aromatic N) is 1. The Kier molecular flexibility index (Phi) is 8.21. The molecule has 2 aromatic rings. The number of aryl methyl sites for hydroxylation is 1. The molecule has 0 aliphatic heterocycles. The number of para-hydroxylation sites is 2. The first kappa shape index (κ1) is 21.9. The average Bonchev–Trinajstić information content (AvgIpc) is 2.70. The summed E-state index contributed by atoms with van der Waals surface area (Å²) in [5.41, 5.74) is 5.68. The minimum absolute atomic E-state index is 0.448. The molecule has 0 spiro atoms. The van der Waals surface area contributed by atoms with E-state index in [1.807, 2.05) is 63.2 Å². The third-order valence-electron chi connectivity index (χ3n) is 4.27. The fraction of sp³-hybridized carbons (Fsp3) is 0.318. The van der Waals surface area contributed by atoms with E-state index in [9.17, 15) is 9.59 Å². The molecule has 29 heavy (non-hydrogen) atoms. The first-order valence-corrected chi connectivity index (χ1v) is 9.53. The van der Waals surface area contributed by atoms with Gasteiger partial charge in [-0.1, -0.05) is 44.2 Å². The average molecular weight is 396 g/mol. The van der Waals surface area contributed by atoms with Crippen LogP contribution in [0, 0.1) is 12.8 Å². The predicted molar refractivity (Wildman–Crippen MR) is 116 cm³/mol. The molecular weight excluding hydrogens is 368 g/mol. The topological polar surface area (TPSA) is 91.8 Å². The third-order valence-corrected chi connectivity index (χ3v) is 4.27. The van der Waals surface area contributed by atoms with E-state index < -0.39 is 11.8 Å². The van der Waals surface area contributed by atoms with E-state index in [-0.39, 0.29) is 0 Å². The smallest absolute Gasteiger partial charge is 0.329 e. The Labute approximate surface area is 171 Å². The number of amides is 2. The third kappa shape index (κ3) is 6.64. The van der Waals surface area contributed by atoms with Crippen molar-refractivity contribution in [2.75, 3.05) is 19.0 Å². The summed E-state index contributed by atoms with van der Waals surface area (Å²) in [6, 6.07) is 13.4. The number of ether oxygens (including phenoxy) is 1. The van der Waals surface area contributed by atoms with E-state index in [0.717, 1.165) is 17.7 Å². The fourth-order valence-electron chi connectivity index (χ4n) is 2.57. The van der Waals surface area contributed by atoms with Crippen molar-refractivity contribution in [3.05, 3.63) is 53.6 Å². The molecule has 3 N–H and O–H groups in total. The molecule has 154 valence electrons. The number of anilines is 2. The van der Waals surface area contributed by atoms with Gasteiger partial charge in [-0.15, -0.1) is 0 Å². The number of hydrogen-bond donors (Lipinski definition) is 3. The molecule has 0 radical (unpaired) electrons. The monoisotopic (exact) mass is 396 g/mol. The minimum atomic E-state index is -0.804. The Balaban J connectivity index is 2.09. The van der Waals surface area contributed by atoms with Gasteiger partial charge in [-0.3, -0.25) is 9.59 Å². The van der Waals surface area contributed by atoms with Gasteiger partial charge in [0.05, 0.1) is 19.0 Å². The molecule has 2 rings (SSSR count). The van der Waals surface area contributed by atoms with Gasteiger partial charge >= 0.3 is 11.8 Å². The molecule has 2 amide bonds. The Morgan fingerprint density at radius 3 is 2.55 bits per heavy atom. The fourth-order valence-corrected chi connectivity index (χ4v) is 2.57. The van der Waals surface area contributed by atoms with Crippen LogP contribution in [-0.2, 0) is 9.59 Å². The SMILES string of the molecule is COc1cccc(/C=N\NC(=O)C(=O)NCCC(C)C)c1Nc1ccccc1C. The summed E-state index contributed by atoms with van der Waals surface area (Å²) >= 11 is 0. The van der Waals surface area contributed by atoms with Gasteiger partial charge in [0.1, 0.15) is 5.75 Å². The summed E-state index contributed by atoms with van der Waals surface area (Å²) in [7, 11) is 1.59. The van der Waals surface area contributed by atoms with Crippen LogP contribution in [-0.4, -0.2) is 31.7 Å². The Morgan fingerprint density at radius 2 is 1.86 bits per heavy atom. The quantitative estimate of drug-likeness (QED) is 0.362. The lowest BCUT2D eigenvalue weighted by Gasteiger charge is -2.15. The molecule has 0 aromatic heterocycles. The van der Waals surface area contributed by atoms with E-state index in [4.69, 9.17) is 4.74 Å². The highest BCUT2D eigenvalue weighted by molar-refractivity contribution is 6.35. The molecule has 0 saturated carbocycles. The van der Waals surface area contributed by atoms with E-state index in [1.54, 1.807) is 7.11 Å². The van der Waals surface area contributed by atoms with Crippen LogP contribution in [0.5, 0.6) is 5.75 Å². The van der Waals surface area contributed by atoms with Crippen LogP contribution in [0.1, 0.15) is 31.4 Å². The van der Waals surface area contributed by atoms with Gasteiger partial charge in [0, 0.05) is 17.8 Å². The van der Waals surface area contributed by atoms with Crippen molar-refractivity contribution >= 4 is 29.4 Å². The number of nitrogens with one attached hydrogen (secondary N) is 3. The predicted octanol–water partition coefficient (Wildman–Crippen LogP) is 3.36. The van der Waals surface area contributed by atoms with Crippen LogP contribution in [0.15, 0.2) is 47.6 Å². The standard InChI is InChI=1S/C22H28N4O3/c1-15(2)12-13-23-21(27)22(28)26-24-14-17-9-7-11-19(29-4)20(17)25-18-10-6-5-8-16(18)3/h5-11,14-15,25H,12-13H2,1-4H3,(H,23,27)(H,26,28)/b24-14-. The Hall–Kier alpha value is -3.35. The molecule has 0 saturated heterocycles. The maximum Gasteiger partial charge on any atom is 0.329 e. The number of hydrogen-bond acceptors (Lipinski definition) is 5. The van der Waals surface area contributed by atoms with Gasteiger partial charge in [0.15, 0.2) is 0 Å². The maximum absolute atomic E-state index is 11.9. The largest absolute Gasteiger partial charge is 0.495 e. The second-order valence-electron chi connectivity index (χ2n) is 7.00. The highest BCUT2D eigenvalue weighted by Gasteiger charge is 2.13. The van der Waals surface area contributed by atoms with E-state index in [2.05, 4.69) is 21.2 Å². The lowest BCUT2D eigenvalue weighted by atomic mass is 10.1. The zero-order valence-electron chi connectivity index (χ0n) is 17.3. The summed E-state index contributed by atoms with van der Waals surface area (Å²) in [4.78, 5) is 23.7. The number of rotatable bonds is 8. The minimum Gasteiger partial charge on any atom is -0.495 e. The molecule has 2 aromatic carbocycles. The maximum atomic E-state index is 11.9. The van der Waals surface area contributed by atoms with Crippen LogP contribution in [0.4, 0.5) is 11.4 Å². The number of hydrazone groups is 1. The van der Waals surface area contributed by atoms with Gasteiger partial charge in [0.2, 0.25) is 0 Å². The first-order valence-electron chi connectivity index (χ1n) is 9.53. The summed E-state index contributed by atoms with van der Waals surface area (Å²) in [6.07, 6.45) is 2.28. The van der Waals surface area contributed by atoms with Crippen LogP contribution in [0.2, 0.25) is 0 Å². The normalized spacial score (nSPS) is 10.8. The Bertz CT molecular complexity index is 878. The van der Waals surface area contributed by atoms with Gasteiger partial charge < -0.3 is 15.4 Å². The number of carbonyl (C=O) groups is 2. The van der Waals surface area contributed by atoms with Crippen molar-refractivity contribution in [3.8, 4) is 5.75 Å². The first-order chi connectivity index (χ1) is 13.9. The van der Waals surface area contributed by atoms with Crippen molar-refractivity contribution in [1.29, 1.82) is 0 Å². The van der Waals surface area contributed by atoms with Crippen LogP contribution in [0.3, 0.4) is 0 Å². The lowest BCUT2D eigenvalue weighted by molar-refractivity contribution is -0.139. The van der Waals surface area contributed by atoms with Crippen LogP contribution >= 0.6 is 0 Å². The molecule has 0 aliphatic carbocycles. The molecule has 0 fully saturated rings. The van der Waals surface area contributed by atoms with Crippen LogP contribution in [0.25, 0.3) is 0 Å². The zero-order chi connectivity index (χ0) is 21.2. The number of methoxy groups -OCH3 is 1. The molecular formula is C22H28N4O3. The summed E-state index contributed by atoms with van der Waals surface area (Å²) < 4.78 is 5.45. The molecule has 0 bridgehead atoms. The molecule has 0 atom stereocenters. The molecule has 7 heteroatoms. The van der Waals surface area contributed by atoms with E-state index in [1.165, 1.54) is 6.21 Å². The Morgan fingerprint density at radius 1 is 1.10 bits per heavy atom. The van der Waals surface area contributed by atoms with E-state index in [0.29, 0.717) is 29.5 Å². The molecule has 0 aliphatic rings. The summed E-state index contributed by atoms with van der Waals surface area (Å²) in [5, 5.41) is 9.85. The molecule has 7 nitrogen and oxygen atoms in total. The van der Waals surface area contributed by atoms with Gasteiger partial charge in [-0.2, -0.15) is 5.10 Å². The van der Waals surface area contributed by atoms with Crippen molar-refractivity contribution in [1.82, 2.24) is 10.7 Å². The lowest BCUT2D eigenvalue weighted by Crippen LogP contribution is -2.38. The van der Waals surface area contributed by atoms with Crippen molar-refractivity contribution in [2.45, 2.75) is 27.2 Å².